The van der Waals surface area contributed by atoms with E-state index in [2.05, 4.69) is 44.0 Å². The van der Waals surface area contributed by atoms with Crippen molar-refractivity contribution in [1.29, 1.82) is 10.5 Å². The largest absolute Gasteiger partial charge is 0.483 e. The Morgan fingerprint density at radius 3 is 1.52 bits per heavy atom. The molecule has 4 aliphatic rings. The fourth-order valence-corrected chi connectivity index (χ4v) is 7.77. The first kappa shape index (κ1) is 25.5. The van der Waals surface area contributed by atoms with E-state index >= 15 is 0 Å². The van der Waals surface area contributed by atoms with Gasteiger partial charge in [0.1, 0.15) is 34.9 Å². The summed E-state index contributed by atoms with van der Waals surface area (Å²) in [5.41, 5.74) is 2.67. The van der Waals surface area contributed by atoms with Crippen molar-refractivity contribution in [2.45, 2.75) is 38.9 Å². The molecule has 0 saturated carbocycles. The fraction of sp³-hybridized carbons (Fsp3) is 0.267. The maximum atomic E-state index is 9.18. The first-order chi connectivity index (χ1) is 19.1. The molecular weight excluding hydrogens is 541 g/mol. The second-order valence-electron chi connectivity index (χ2n) is 10.6. The lowest BCUT2D eigenvalue weighted by Crippen LogP contribution is -2.31. The predicted octanol–water partition coefficient (Wildman–Crippen LogP) is 7.78. The van der Waals surface area contributed by atoms with Crippen molar-refractivity contribution >= 4 is 55.5 Å². The van der Waals surface area contributed by atoms with E-state index in [0.717, 1.165) is 43.5 Å². The van der Waals surface area contributed by atoms with E-state index in [-0.39, 0.29) is 23.5 Å². The van der Waals surface area contributed by atoms with Gasteiger partial charge in [-0.2, -0.15) is 0 Å². The number of nitriles is 2. The number of allylic oxidation sites excluding steroid dienone is 6. The second-order valence-corrected chi connectivity index (χ2v) is 12.6. The summed E-state index contributed by atoms with van der Waals surface area (Å²) in [5.74, 6) is 1.25. The molecular formula is C30H20N6O2S2. The molecule has 40 heavy (non-hydrogen) atoms. The number of thiophene rings is 2. The van der Waals surface area contributed by atoms with Crippen LogP contribution in [0.15, 0.2) is 57.9 Å². The maximum absolute atomic E-state index is 9.18. The molecule has 4 heterocycles. The van der Waals surface area contributed by atoms with Crippen LogP contribution in [0.25, 0.3) is 20.8 Å². The van der Waals surface area contributed by atoms with Crippen LogP contribution in [0.4, 0.5) is 10.0 Å². The number of hydrogen-bond donors (Lipinski definition) is 0. The Hall–Kier alpha value is -4.74. The van der Waals surface area contributed by atoms with Crippen molar-refractivity contribution in [2.24, 2.45) is 21.8 Å². The summed E-state index contributed by atoms with van der Waals surface area (Å²) < 4.78 is 13.0. The van der Waals surface area contributed by atoms with Crippen molar-refractivity contribution in [1.82, 2.24) is 0 Å². The van der Waals surface area contributed by atoms with E-state index in [1.807, 2.05) is 52.0 Å². The quantitative estimate of drug-likeness (QED) is 0.213. The Balaban J connectivity index is 1.43. The Kier molecular flexibility index (Phi) is 5.68. The molecule has 2 aromatic rings. The van der Waals surface area contributed by atoms with Crippen LogP contribution in [0.3, 0.4) is 0 Å². The third kappa shape index (κ3) is 3.98. The van der Waals surface area contributed by atoms with E-state index in [0.29, 0.717) is 10.0 Å². The standard InChI is InChI=1S/C30H20N6O2S2/c1-29(2)19-11-25(35-23(13-31)33-5)39-27(19)17-7-16-10-22-18(8-15(16)9-21(17)37-29)28-20(30(3,4)38-22)12-26(40-28)36-24(14-32)34-6/h7-12,15-16H,1-4H3. The van der Waals surface area contributed by atoms with Gasteiger partial charge in [-0.05, 0) is 39.8 Å². The summed E-state index contributed by atoms with van der Waals surface area (Å²) in [7, 11) is 0. The lowest BCUT2D eigenvalue weighted by Gasteiger charge is -2.40. The number of aliphatic imine (C=N–C) groups is 2. The average molecular weight is 561 g/mol. The van der Waals surface area contributed by atoms with E-state index in [1.54, 1.807) is 0 Å². The molecule has 0 spiro atoms. The van der Waals surface area contributed by atoms with Crippen molar-refractivity contribution in [3.05, 3.63) is 91.7 Å². The summed E-state index contributed by atoms with van der Waals surface area (Å²) in [6.07, 6.45) is 8.69. The Labute approximate surface area is 239 Å². The highest BCUT2D eigenvalue weighted by molar-refractivity contribution is 7.17. The zero-order valence-electron chi connectivity index (χ0n) is 21.9. The molecule has 0 N–H and O–H groups in total. The Morgan fingerprint density at radius 1 is 0.775 bits per heavy atom. The van der Waals surface area contributed by atoms with Crippen LogP contribution < -0.4 is 0 Å². The van der Waals surface area contributed by atoms with Crippen molar-refractivity contribution in [2.75, 3.05) is 0 Å². The number of amidine groups is 2. The van der Waals surface area contributed by atoms with Gasteiger partial charge in [-0.1, -0.05) is 58.0 Å². The molecule has 8 nitrogen and oxygen atoms in total. The lowest BCUT2D eigenvalue weighted by atomic mass is 9.76. The highest BCUT2D eigenvalue weighted by Gasteiger charge is 2.43. The van der Waals surface area contributed by atoms with E-state index < -0.39 is 11.2 Å². The molecule has 2 unspecified atom stereocenters. The van der Waals surface area contributed by atoms with Gasteiger partial charge in [0.05, 0.1) is 0 Å². The molecule has 10 heteroatoms. The van der Waals surface area contributed by atoms with Crippen LogP contribution in [-0.4, -0.2) is 11.7 Å². The van der Waals surface area contributed by atoms with Gasteiger partial charge in [0.15, 0.2) is 0 Å². The van der Waals surface area contributed by atoms with E-state index in [4.69, 9.17) is 22.6 Å². The molecule has 0 amide bonds. The zero-order chi connectivity index (χ0) is 28.4. The molecule has 2 aliphatic heterocycles. The molecule has 0 bridgehead atoms. The van der Waals surface area contributed by atoms with Gasteiger partial charge in [0.25, 0.3) is 0 Å². The third-order valence-corrected chi connectivity index (χ3v) is 9.30. The highest BCUT2D eigenvalue weighted by atomic mass is 32.1. The molecule has 2 atom stereocenters. The van der Waals surface area contributed by atoms with E-state index in [9.17, 15) is 10.5 Å². The van der Waals surface area contributed by atoms with Crippen molar-refractivity contribution in [3.63, 3.8) is 0 Å². The molecule has 194 valence electrons. The van der Waals surface area contributed by atoms with Gasteiger partial charge < -0.3 is 19.2 Å². The van der Waals surface area contributed by atoms with Crippen molar-refractivity contribution < 1.29 is 9.47 Å². The Morgan fingerprint density at radius 2 is 1.18 bits per heavy atom. The van der Waals surface area contributed by atoms with Gasteiger partial charge in [0.2, 0.25) is 10.0 Å². The van der Waals surface area contributed by atoms with Crippen LogP contribution in [0.5, 0.6) is 0 Å². The second kappa shape index (κ2) is 8.90. The summed E-state index contributed by atoms with van der Waals surface area (Å²) >= 11 is 2.91. The maximum Gasteiger partial charge on any atom is 0.350 e. The van der Waals surface area contributed by atoms with Gasteiger partial charge in [-0.15, -0.1) is 0 Å². The minimum absolute atomic E-state index is 0.0317. The number of hydrogen-bond acceptors (Lipinski definition) is 8. The lowest BCUT2D eigenvalue weighted by molar-refractivity contribution is 0.0318. The normalized spacial score (nSPS) is 23.1. The molecule has 6 rings (SSSR count). The summed E-state index contributed by atoms with van der Waals surface area (Å²) in [5, 5.41) is 19.5. The first-order valence-electron chi connectivity index (χ1n) is 12.3. The molecule has 2 aliphatic carbocycles. The summed E-state index contributed by atoms with van der Waals surface area (Å²) in [6, 6.07) is 7.48. The minimum Gasteiger partial charge on any atom is -0.483 e. The Bertz CT molecular complexity index is 1700. The minimum atomic E-state index is -0.615. The number of nitrogens with zero attached hydrogens (tertiary/aromatic N) is 6. The van der Waals surface area contributed by atoms with Gasteiger partial charge >= 0.3 is 11.7 Å². The third-order valence-electron chi connectivity index (χ3n) is 7.18. The molecule has 0 aromatic carbocycles. The fourth-order valence-electron chi connectivity index (χ4n) is 5.35. The number of ether oxygens (including phenoxy) is 2. The smallest absolute Gasteiger partial charge is 0.350 e. The predicted molar refractivity (Wildman–Crippen MR) is 155 cm³/mol. The number of rotatable bonds is 2. The molecule has 2 aromatic heterocycles. The SMILES string of the molecule is [C-]#[N+]C(C#N)=Nc1cc2c(s1)C1=CC3C=C4OC(C)(C)c5cc(N=C(C#N)[N+]#[C-])sc5C4=CC3C=C1OC2(C)C. The van der Waals surface area contributed by atoms with Crippen LogP contribution in [0, 0.1) is 47.6 Å². The van der Waals surface area contributed by atoms with Crippen LogP contribution in [0.2, 0.25) is 0 Å². The topological polar surface area (TPSA) is 99.5 Å². The van der Waals surface area contributed by atoms with Crippen LogP contribution in [0.1, 0.15) is 48.6 Å². The molecule has 0 fully saturated rings. The van der Waals surface area contributed by atoms with Gasteiger partial charge in [0, 0.05) is 56.0 Å². The monoisotopic (exact) mass is 560 g/mol. The molecule has 0 radical (unpaired) electrons. The van der Waals surface area contributed by atoms with Crippen LogP contribution >= 0.6 is 22.7 Å². The van der Waals surface area contributed by atoms with Crippen LogP contribution in [-0.2, 0) is 20.7 Å². The van der Waals surface area contributed by atoms with E-state index in [1.165, 1.54) is 22.7 Å². The summed E-state index contributed by atoms with van der Waals surface area (Å²) in [4.78, 5) is 16.9. The molecule has 0 saturated heterocycles. The zero-order valence-corrected chi connectivity index (χ0v) is 23.6. The summed E-state index contributed by atoms with van der Waals surface area (Å²) in [6.45, 7) is 22.4. The number of fused-ring (bicyclic) bond motifs is 7. The highest BCUT2D eigenvalue weighted by Crippen LogP contribution is 2.55. The van der Waals surface area contributed by atoms with Gasteiger partial charge in [-0.3, -0.25) is 0 Å². The average Bonchev–Trinajstić information content (AvgIpc) is 3.54. The van der Waals surface area contributed by atoms with Gasteiger partial charge in [-0.25, -0.2) is 10.5 Å². The first-order valence-corrected chi connectivity index (χ1v) is 14.0. The van der Waals surface area contributed by atoms with Crippen molar-refractivity contribution in [3.8, 4) is 12.1 Å².